The molecule has 0 N–H and O–H groups in total. The van der Waals surface area contributed by atoms with Gasteiger partial charge in [0.15, 0.2) is 0 Å². The number of nitriles is 1. The van der Waals surface area contributed by atoms with Crippen LogP contribution in [-0.2, 0) is 0 Å². The van der Waals surface area contributed by atoms with Crippen molar-refractivity contribution in [3.8, 4) is 11.8 Å². The summed E-state index contributed by atoms with van der Waals surface area (Å²) in [7, 11) is 1.85. The first-order valence-corrected chi connectivity index (χ1v) is 9.32. The molecule has 0 radical (unpaired) electrons. The molecule has 0 aromatic heterocycles. The fourth-order valence-electron chi connectivity index (χ4n) is 3.59. The van der Waals surface area contributed by atoms with Crippen molar-refractivity contribution in [3.05, 3.63) is 64.2 Å². The number of aryl methyl sites for hydroxylation is 1. The number of hydrogen-bond acceptors (Lipinski definition) is 3. The number of benzene rings is 2. The van der Waals surface area contributed by atoms with Crippen molar-refractivity contribution in [3.63, 3.8) is 0 Å². The van der Waals surface area contributed by atoms with Crippen LogP contribution in [0.4, 0.5) is 0 Å². The van der Waals surface area contributed by atoms with Crippen molar-refractivity contribution >= 4 is 17.5 Å². The molecule has 0 unspecified atom stereocenters. The summed E-state index contributed by atoms with van der Waals surface area (Å²) in [5.41, 5.74) is 2.06. The van der Waals surface area contributed by atoms with Gasteiger partial charge in [0.25, 0.3) is 5.91 Å². The summed E-state index contributed by atoms with van der Waals surface area (Å²) in [6.45, 7) is 6.22. The third-order valence-electron chi connectivity index (χ3n) is 5.55. The van der Waals surface area contributed by atoms with Gasteiger partial charge in [0.2, 0.25) is 0 Å². The van der Waals surface area contributed by atoms with Crippen molar-refractivity contribution in [2.24, 2.45) is 5.41 Å². The van der Waals surface area contributed by atoms with Crippen molar-refractivity contribution in [2.45, 2.75) is 39.3 Å². The Kier molecular flexibility index (Phi) is 5.17. The van der Waals surface area contributed by atoms with E-state index in [0.29, 0.717) is 21.9 Å². The average molecular weight is 383 g/mol. The largest absolute Gasteiger partial charge is 0.490 e. The highest BCUT2D eigenvalue weighted by molar-refractivity contribution is 6.31. The van der Waals surface area contributed by atoms with Crippen LogP contribution in [0.1, 0.15) is 41.8 Å². The second-order valence-electron chi connectivity index (χ2n) is 7.71. The van der Waals surface area contributed by atoms with Gasteiger partial charge in [0.05, 0.1) is 10.6 Å². The van der Waals surface area contributed by atoms with Crippen molar-refractivity contribution in [2.75, 3.05) is 7.05 Å². The van der Waals surface area contributed by atoms with Gasteiger partial charge < -0.3 is 9.64 Å². The van der Waals surface area contributed by atoms with Crippen molar-refractivity contribution < 1.29 is 9.53 Å². The summed E-state index contributed by atoms with van der Waals surface area (Å²) in [6.07, 6.45) is 0.721. The minimum atomic E-state index is -0.199. The lowest BCUT2D eigenvalue weighted by Crippen LogP contribution is -2.63. The van der Waals surface area contributed by atoms with Gasteiger partial charge in [-0.15, -0.1) is 0 Å². The minimum absolute atomic E-state index is 0.0212. The molecule has 0 saturated heterocycles. The summed E-state index contributed by atoms with van der Waals surface area (Å²) in [5, 5.41) is 9.36. The molecule has 0 bridgehead atoms. The van der Waals surface area contributed by atoms with Gasteiger partial charge >= 0.3 is 0 Å². The van der Waals surface area contributed by atoms with Crippen LogP contribution in [0.3, 0.4) is 0 Å². The zero-order chi connectivity index (χ0) is 19.8. The normalized spacial score (nSPS) is 20.3. The van der Waals surface area contributed by atoms with Gasteiger partial charge in [-0.2, -0.15) is 5.26 Å². The fraction of sp³-hybridized carbons (Fsp3) is 0.364. The highest BCUT2D eigenvalue weighted by Gasteiger charge is 2.53. The Morgan fingerprint density at radius 3 is 2.48 bits per heavy atom. The lowest BCUT2D eigenvalue weighted by molar-refractivity contribution is -0.0886. The fourth-order valence-corrected chi connectivity index (χ4v) is 3.80. The number of ether oxygens (including phenoxy) is 1. The van der Waals surface area contributed by atoms with Crippen LogP contribution in [0.2, 0.25) is 5.02 Å². The monoisotopic (exact) mass is 382 g/mol. The maximum absolute atomic E-state index is 12.8. The summed E-state index contributed by atoms with van der Waals surface area (Å²) in [4.78, 5) is 14.6. The molecule has 1 aliphatic carbocycles. The van der Waals surface area contributed by atoms with E-state index in [9.17, 15) is 4.79 Å². The molecule has 2 atom stereocenters. The summed E-state index contributed by atoms with van der Waals surface area (Å²) in [6, 6.07) is 14.9. The molecule has 1 fully saturated rings. The van der Waals surface area contributed by atoms with Gasteiger partial charge in [-0.1, -0.05) is 43.1 Å². The van der Waals surface area contributed by atoms with E-state index in [1.807, 2.05) is 49.2 Å². The summed E-state index contributed by atoms with van der Waals surface area (Å²) in [5.74, 6) is 0.663. The SMILES string of the molecule is Cc1ccc(C(=O)N(C)[C@@H]2C[C@@H](Oc3ccc(C#N)c(Cl)c3)C2(C)C)cc1. The van der Waals surface area contributed by atoms with E-state index < -0.39 is 0 Å². The second-order valence-corrected chi connectivity index (χ2v) is 8.12. The molecule has 140 valence electrons. The van der Waals surface area contributed by atoms with E-state index in [-0.39, 0.29) is 23.5 Å². The Labute approximate surface area is 165 Å². The van der Waals surface area contributed by atoms with Crippen LogP contribution in [-0.4, -0.2) is 30.0 Å². The Morgan fingerprint density at radius 2 is 1.93 bits per heavy atom. The van der Waals surface area contributed by atoms with E-state index in [2.05, 4.69) is 13.8 Å². The molecular weight excluding hydrogens is 360 g/mol. The average Bonchev–Trinajstić information content (AvgIpc) is 2.64. The highest BCUT2D eigenvalue weighted by atomic mass is 35.5. The molecule has 1 amide bonds. The predicted octanol–water partition coefficient (Wildman–Crippen LogP) is 4.84. The third-order valence-corrected chi connectivity index (χ3v) is 5.86. The molecule has 0 heterocycles. The number of carbonyl (C=O) groups is 1. The zero-order valence-electron chi connectivity index (χ0n) is 16.0. The summed E-state index contributed by atoms with van der Waals surface area (Å²) >= 11 is 6.09. The zero-order valence-corrected chi connectivity index (χ0v) is 16.7. The van der Waals surface area contributed by atoms with Gasteiger partial charge in [-0.25, -0.2) is 0 Å². The van der Waals surface area contributed by atoms with E-state index >= 15 is 0 Å². The van der Waals surface area contributed by atoms with Crippen LogP contribution >= 0.6 is 11.6 Å². The molecule has 1 aliphatic rings. The second kappa shape index (κ2) is 7.25. The molecule has 0 aliphatic heterocycles. The van der Waals surface area contributed by atoms with Crippen LogP contribution < -0.4 is 4.74 Å². The highest BCUT2D eigenvalue weighted by Crippen LogP contribution is 2.46. The Hall–Kier alpha value is -2.51. The molecule has 4 nitrogen and oxygen atoms in total. The van der Waals surface area contributed by atoms with Gasteiger partial charge in [-0.3, -0.25) is 4.79 Å². The minimum Gasteiger partial charge on any atom is -0.490 e. The number of hydrogen-bond donors (Lipinski definition) is 0. The molecule has 1 saturated carbocycles. The molecule has 0 spiro atoms. The Bertz CT molecular complexity index is 900. The van der Waals surface area contributed by atoms with E-state index in [0.717, 1.165) is 12.0 Å². The number of nitrogens with zero attached hydrogens (tertiary/aromatic N) is 2. The van der Waals surface area contributed by atoms with E-state index in [1.165, 1.54) is 0 Å². The first-order valence-electron chi connectivity index (χ1n) is 8.94. The Balaban J connectivity index is 1.68. The molecule has 2 aromatic carbocycles. The maximum atomic E-state index is 12.8. The van der Waals surface area contributed by atoms with Gasteiger partial charge in [0.1, 0.15) is 17.9 Å². The molecule has 5 heteroatoms. The summed E-state index contributed by atoms with van der Waals surface area (Å²) < 4.78 is 6.10. The number of rotatable bonds is 4. The van der Waals surface area contributed by atoms with Crippen LogP contribution in [0.5, 0.6) is 5.75 Å². The van der Waals surface area contributed by atoms with E-state index in [4.69, 9.17) is 21.6 Å². The number of amides is 1. The molecular formula is C22H23ClN2O2. The lowest BCUT2D eigenvalue weighted by atomic mass is 9.63. The first kappa shape index (κ1) is 19.3. The Morgan fingerprint density at radius 1 is 1.26 bits per heavy atom. The molecule has 3 rings (SSSR count). The maximum Gasteiger partial charge on any atom is 0.253 e. The topological polar surface area (TPSA) is 53.3 Å². The first-order chi connectivity index (χ1) is 12.7. The predicted molar refractivity (Wildman–Crippen MR) is 106 cm³/mol. The lowest BCUT2D eigenvalue weighted by Gasteiger charge is -2.54. The van der Waals surface area contributed by atoms with Crippen molar-refractivity contribution in [1.29, 1.82) is 5.26 Å². The quantitative estimate of drug-likeness (QED) is 0.760. The molecule has 2 aromatic rings. The molecule has 27 heavy (non-hydrogen) atoms. The van der Waals surface area contributed by atoms with Gasteiger partial charge in [-0.05, 0) is 31.2 Å². The standard InChI is InChI=1S/C22H23ClN2O2/c1-14-5-7-15(8-6-14)21(26)25(4)19-12-20(22(19,2)3)27-17-10-9-16(13-24)18(23)11-17/h5-11,19-20H,12H2,1-4H3/t19-,20-/m1/s1. The third kappa shape index (κ3) is 3.65. The van der Waals surface area contributed by atoms with E-state index in [1.54, 1.807) is 18.2 Å². The van der Waals surface area contributed by atoms with Gasteiger partial charge in [0, 0.05) is 36.6 Å². The van der Waals surface area contributed by atoms with Crippen LogP contribution in [0, 0.1) is 23.7 Å². The number of carbonyl (C=O) groups excluding carboxylic acids is 1. The smallest absolute Gasteiger partial charge is 0.253 e. The van der Waals surface area contributed by atoms with Crippen LogP contribution in [0.25, 0.3) is 0 Å². The van der Waals surface area contributed by atoms with Crippen molar-refractivity contribution in [1.82, 2.24) is 4.90 Å². The number of halogens is 1. The van der Waals surface area contributed by atoms with Crippen LogP contribution in [0.15, 0.2) is 42.5 Å².